The molecule has 0 amide bonds. The average molecular weight is 466 g/mol. The van der Waals surface area contributed by atoms with E-state index in [2.05, 4.69) is 4.98 Å². The highest BCUT2D eigenvalue weighted by Gasteiger charge is 2.47. The third kappa shape index (κ3) is 4.83. The zero-order chi connectivity index (χ0) is 23.3. The molecule has 0 bridgehead atoms. The Morgan fingerprint density at radius 1 is 1.16 bits per heavy atom. The fourth-order valence-corrected chi connectivity index (χ4v) is 5.37. The topological polar surface area (TPSA) is 64.0 Å². The summed E-state index contributed by atoms with van der Waals surface area (Å²) in [5, 5.41) is -0.374. The van der Waals surface area contributed by atoms with Crippen LogP contribution in [0.25, 0.3) is 22.2 Å². The molecule has 5 nitrogen and oxygen atoms in total. The molecule has 4 rings (SSSR count). The summed E-state index contributed by atoms with van der Waals surface area (Å²) in [5.41, 5.74) is 1.80. The van der Waals surface area contributed by atoms with Gasteiger partial charge in [-0.05, 0) is 36.5 Å². The van der Waals surface area contributed by atoms with E-state index in [4.69, 9.17) is 0 Å². The molecule has 1 N–H and O–H groups in total. The van der Waals surface area contributed by atoms with Crippen LogP contribution in [-0.2, 0) is 16.6 Å². The van der Waals surface area contributed by atoms with Gasteiger partial charge in [-0.15, -0.1) is 0 Å². The lowest BCUT2D eigenvalue weighted by Gasteiger charge is -2.22. The predicted octanol–water partition coefficient (Wildman–Crippen LogP) is 5.43. The van der Waals surface area contributed by atoms with Crippen molar-refractivity contribution in [2.24, 2.45) is 5.41 Å². The molecule has 1 aliphatic carbocycles. The van der Waals surface area contributed by atoms with Crippen LogP contribution < -0.4 is 4.72 Å². The van der Waals surface area contributed by atoms with Crippen molar-refractivity contribution < 1.29 is 21.6 Å². The number of nitrogens with zero attached hydrogens (tertiary/aromatic N) is 2. The molecule has 1 atom stereocenters. The Kier molecular flexibility index (Phi) is 5.61. The van der Waals surface area contributed by atoms with Crippen LogP contribution in [0, 0.1) is 5.41 Å². The van der Waals surface area contributed by atoms with Crippen molar-refractivity contribution in [1.29, 1.82) is 0 Å². The third-order valence-corrected chi connectivity index (χ3v) is 7.32. The first-order chi connectivity index (χ1) is 14.9. The van der Waals surface area contributed by atoms with Crippen molar-refractivity contribution in [2.75, 3.05) is 0 Å². The maximum absolute atomic E-state index is 14.1. The molecule has 0 spiro atoms. The summed E-state index contributed by atoms with van der Waals surface area (Å²) in [5.74, 6) is 0. The van der Waals surface area contributed by atoms with Crippen LogP contribution in [0.3, 0.4) is 0 Å². The minimum Gasteiger partial charge on any atom is -0.347 e. The van der Waals surface area contributed by atoms with E-state index in [1.54, 1.807) is 29.0 Å². The predicted molar refractivity (Wildman–Crippen MR) is 118 cm³/mol. The molecular weight excluding hydrogens is 439 g/mol. The molecular formula is C23H26F3N3O2S. The van der Waals surface area contributed by atoms with Gasteiger partial charge in [0.15, 0.2) is 0 Å². The van der Waals surface area contributed by atoms with Crippen LogP contribution in [0.5, 0.6) is 0 Å². The van der Waals surface area contributed by atoms with Gasteiger partial charge in [-0.25, -0.2) is 8.42 Å². The van der Waals surface area contributed by atoms with E-state index in [-0.39, 0.29) is 11.0 Å². The minimum atomic E-state index is -4.78. The second kappa shape index (κ2) is 7.88. The lowest BCUT2D eigenvalue weighted by Crippen LogP contribution is -2.39. The van der Waals surface area contributed by atoms with Crippen LogP contribution in [0.15, 0.2) is 48.8 Å². The maximum Gasteiger partial charge on any atom is 0.408 e. The standard InChI is InChI=1S/C23H26F3N3O2S/c1-22(2,3)14-29-13-18(21(23(24,25)26)28-32(30,31)16-8-9-16)17-10-7-15(12-20(17)29)19-6-4-5-11-27-19/h4-7,10-13,16,21,28H,8-9,14H2,1-3H3/t21-/m0/s1. The van der Waals surface area contributed by atoms with Crippen molar-refractivity contribution in [3.8, 4) is 11.3 Å². The molecule has 0 saturated heterocycles. The smallest absolute Gasteiger partial charge is 0.347 e. The van der Waals surface area contributed by atoms with E-state index in [0.717, 1.165) is 5.56 Å². The minimum absolute atomic E-state index is 0.0893. The van der Waals surface area contributed by atoms with Crippen molar-refractivity contribution in [2.45, 2.75) is 57.6 Å². The molecule has 1 aromatic carbocycles. The first kappa shape index (κ1) is 22.8. The molecule has 0 radical (unpaired) electrons. The summed E-state index contributed by atoms with van der Waals surface area (Å²) in [7, 11) is -4.05. The summed E-state index contributed by atoms with van der Waals surface area (Å²) in [6, 6.07) is 8.33. The quantitative estimate of drug-likeness (QED) is 0.528. The summed E-state index contributed by atoms with van der Waals surface area (Å²) in [6.07, 6.45) is -0.905. The summed E-state index contributed by atoms with van der Waals surface area (Å²) >= 11 is 0. The van der Waals surface area contributed by atoms with Gasteiger partial charge in [0, 0.05) is 41.0 Å². The van der Waals surface area contributed by atoms with Gasteiger partial charge in [0.1, 0.15) is 6.04 Å². The van der Waals surface area contributed by atoms with E-state index in [1.807, 2.05) is 43.7 Å². The molecule has 2 aromatic heterocycles. The van der Waals surface area contributed by atoms with E-state index in [1.165, 1.54) is 6.20 Å². The average Bonchev–Trinajstić information content (AvgIpc) is 3.50. The molecule has 32 heavy (non-hydrogen) atoms. The van der Waals surface area contributed by atoms with Gasteiger partial charge in [0.2, 0.25) is 10.0 Å². The molecule has 172 valence electrons. The van der Waals surface area contributed by atoms with Crippen LogP contribution in [0.2, 0.25) is 0 Å². The number of nitrogens with one attached hydrogen (secondary N) is 1. The third-order valence-electron chi connectivity index (χ3n) is 5.40. The van der Waals surface area contributed by atoms with Crippen LogP contribution in [0.4, 0.5) is 13.2 Å². The molecule has 0 unspecified atom stereocenters. The Balaban J connectivity index is 1.87. The molecule has 1 fully saturated rings. The second-order valence-corrected chi connectivity index (χ2v) is 11.5. The van der Waals surface area contributed by atoms with E-state index in [9.17, 15) is 21.6 Å². The number of sulfonamides is 1. The van der Waals surface area contributed by atoms with Gasteiger partial charge in [-0.1, -0.05) is 39.0 Å². The van der Waals surface area contributed by atoms with Gasteiger partial charge >= 0.3 is 6.18 Å². The first-order valence-corrected chi connectivity index (χ1v) is 12.0. The summed E-state index contributed by atoms with van der Waals surface area (Å²) < 4.78 is 70.8. The normalized spacial score (nSPS) is 16.4. The number of pyridine rings is 1. The number of fused-ring (bicyclic) bond motifs is 1. The Hall–Kier alpha value is -2.39. The summed E-state index contributed by atoms with van der Waals surface area (Å²) in [6.45, 7) is 6.46. The van der Waals surface area contributed by atoms with Gasteiger partial charge < -0.3 is 4.57 Å². The largest absolute Gasteiger partial charge is 0.408 e. The van der Waals surface area contributed by atoms with Gasteiger partial charge in [0.25, 0.3) is 0 Å². The highest BCUT2D eigenvalue weighted by atomic mass is 32.2. The van der Waals surface area contributed by atoms with Crippen molar-refractivity contribution >= 4 is 20.9 Å². The Bertz CT molecular complexity index is 1230. The van der Waals surface area contributed by atoms with Crippen LogP contribution in [-0.4, -0.2) is 29.4 Å². The Morgan fingerprint density at radius 3 is 2.44 bits per heavy atom. The molecule has 3 aromatic rings. The lowest BCUT2D eigenvalue weighted by molar-refractivity contribution is -0.152. The number of alkyl halides is 3. The number of aromatic nitrogens is 2. The first-order valence-electron chi connectivity index (χ1n) is 10.5. The number of benzene rings is 1. The van der Waals surface area contributed by atoms with E-state index >= 15 is 0 Å². The van der Waals surface area contributed by atoms with E-state index < -0.39 is 27.5 Å². The lowest BCUT2D eigenvalue weighted by atomic mass is 9.97. The Labute approximate surface area is 185 Å². The van der Waals surface area contributed by atoms with Crippen molar-refractivity contribution in [3.63, 3.8) is 0 Å². The zero-order valence-corrected chi connectivity index (χ0v) is 19.0. The number of hydrogen-bond acceptors (Lipinski definition) is 3. The highest BCUT2D eigenvalue weighted by molar-refractivity contribution is 7.90. The van der Waals surface area contributed by atoms with Gasteiger partial charge in [0.05, 0.1) is 10.9 Å². The summed E-state index contributed by atoms with van der Waals surface area (Å²) in [4.78, 5) is 4.34. The van der Waals surface area contributed by atoms with Gasteiger partial charge in [-0.2, -0.15) is 17.9 Å². The Morgan fingerprint density at radius 2 is 1.88 bits per heavy atom. The zero-order valence-electron chi connectivity index (χ0n) is 18.1. The van der Waals surface area contributed by atoms with Gasteiger partial charge in [-0.3, -0.25) is 4.98 Å². The molecule has 9 heteroatoms. The monoisotopic (exact) mass is 465 g/mol. The second-order valence-electron chi connectivity index (χ2n) is 9.56. The van der Waals surface area contributed by atoms with Crippen LogP contribution >= 0.6 is 0 Å². The number of halogens is 3. The van der Waals surface area contributed by atoms with Crippen LogP contribution in [0.1, 0.15) is 45.2 Å². The SMILES string of the molecule is CC(C)(C)Cn1cc([C@H](NS(=O)(=O)C2CC2)C(F)(F)F)c2ccc(-c3ccccn3)cc21. The van der Waals surface area contributed by atoms with E-state index in [0.29, 0.717) is 36.0 Å². The highest BCUT2D eigenvalue weighted by Crippen LogP contribution is 2.41. The molecule has 1 saturated carbocycles. The molecule has 2 heterocycles. The van der Waals surface area contributed by atoms with Crippen molar-refractivity contribution in [1.82, 2.24) is 14.3 Å². The fourth-order valence-electron chi connectivity index (χ4n) is 3.83. The fraction of sp³-hybridized carbons (Fsp3) is 0.435. The number of hydrogen-bond donors (Lipinski definition) is 1. The molecule has 0 aliphatic heterocycles. The maximum atomic E-state index is 14.1. The molecule has 1 aliphatic rings. The van der Waals surface area contributed by atoms with Crippen molar-refractivity contribution in [3.05, 3.63) is 54.4 Å². The number of rotatable bonds is 6.